The molecule has 0 saturated heterocycles. The summed E-state index contributed by atoms with van der Waals surface area (Å²) in [5.41, 5.74) is 7.13. The molecule has 1 aromatic carbocycles. The van der Waals surface area contributed by atoms with E-state index in [1.165, 1.54) is 0 Å². The lowest BCUT2D eigenvalue weighted by Crippen LogP contribution is -2.05. The van der Waals surface area contributed by atoms with Crippen molar-refractivity contribution in [2.24, 2.45) is 5.73 Å². The molecule has 1 aliphatic carbocycles. The van der Waals surface area contributed by atoms with Gasteiger partial charge < -0.3 is 10.8 Å². The second-order valence-electron chi connectivity index (χ2n) is 3.14. The zero-order valence-electron chi connectivity index (χ0n) is 6.55. The van der Waals surface area contributed by atoms with Gasteiger partial charge in [-0.3, -0.25) is 0 Å². The molecule has 3 heteroatoms. The second kappa shape index (κ2) is 2.45. The number of nitrogens with two attached hydrogens (primary N) is 1. The van der Waals surface area contributed by atoms with Crippen molar-refractivity contribution in [2.45, 2.75) is 18.9 Å². The minimum atomic E-state index is -0.335. The Morgan fingerprint density at radius 1 is 1.50 bits per heavy atom. The Morgan fingerprint density at radius 2 is 2.25 bits per heavy atom. The standard InChI is InChI=1S/C9H10FNO/c10-8-4-5(12)3-7-6(8)1-2-9(7)11/h3-4,9,12H,1-2,11H2/t9-/m0/s1. The fourth-order valence-electron chi connectivity index (χ4n) is 1.69. The molecule has 1 atom stereocenters. The van der Waals surface area contributed by atoms with Gasteiger partial charge in [0, 0.05) is 12.1 Å². The molecule has 0 aliphatic heterocycles. The van der Waals surface area contributed by atoms with E-state index in [0.717, 1.165) is 18.1 Å². The number of rotatable bonds is 0. The third-order valence-electron chi connectivity index (χ3n) is 2.32. The van der Waals surface area contributed by atoms with Crippen LogP contribution in [0.5, 0.6) is 5.75 Å². The molecular formula is C9H10FNO. The molecule has 64 valence electrons. The number of fused-ring (bicyclic) bond motifs is 1. The first-order chi connectivity index (χ1) is 5.68. The predicted octanol–water partition coefficient (Wildman–Crippen LogP) is 1.48. The van der Waals surface area contributed by atoms with Crippen molar-refractivity contribution in [1.29, 1.82) is 0 Å². The Bertz CT molecular complexity index is 325. The van der Waals surface area contributed by atoms with Gasteiger partial charge in [0.2, 0.25) is 0 Å². The zero-order valence-corrected chi connectivity index (χ0v) is 6.55. The number of halogens is 1. The maximum Gasteiger partial charge on any atom is 0.130 e. The Kier molecular flexibility index (Phi) is 1.54. The minimum Gasteiger partial charge on any atom is -0.508 e. The molecule has 0 heterocycles. The molecule has 1 aromatic rings. The summed E-state index contributed by atoms with van der Waals surface area (Å²) in [6, 6.07) is 2.58. The van der Waals surface area contributed by atoms with Crippen molar-refractivity contribution in [1.82, 2.24) is 0 Å². The normalized spacial score (nSPS) is 21.0. The van der Waals surface area contributed by atoms with Crippen LogP contribution in [-0.2, 0) is 6.42 Å². The van der Waals surface area contributed by atoms with Crippen molar-refractivity contribution in [3.05, 3.63) is 29.1 Å². The van der Waals surface area contributed by atoms with Crippen LogP contribution in [-0.4, -0.2) is 5.11 Å². The Labute approximate surface area is 69.8 Å². The molecule has 12 heavy (non-hydrogen) atoms. The van der Waals surface area contributed by atoms with Crippen LogP contribution < -0.4 is 5.73 Å². The van der Waals surface area contributed by atoms with E-state index in [-0.39, 0.29) is 17.6 Å². The lowest BCUT2D eigenvalue weighted by Gasteiger charge is -2.05. The van der Waals surface area contributed by atoms with Crippen molar-refractivity contribution in [3.63, 3.8) is 0 Å². The molecule has 1 aliphatic rings. The second-order valence-corrected chi connectivity index (χ2v) is 3.14. The topological polar surface area (TPSA) is 46.2 Å². The average molecular weight is 167 g/mol. The van der Waals surface area contributed by atoms with E-state index in [2.05, 4.69) is 0 Å². The van der Waals surface area contributed by atoms with Crippen molar-refractivity contribution in [3.8, 4) is 5.75 Å². The summed E-state index contributed by atoms with van der Waals surface area (Å²) < 4.78 is 13.1. The monoisotopic (exact) mass is 167 g/mol. The largest absolute Gasteiger partial charge is 0.508 e. The van der Waals surface area contributed by atoms with Crippen LogP contribution >= 0.6 is 0 Å². The number of aromatic hydroxyl groups is 1. The summed E-state index contributed by atoms with van der Waals surface area (Å²) in [6.45, 7) is 0. The lowest BCUT2D eigenvalue weighted by molar-refractivity contribution is 0.467. The molecule has 0 fully saturated rings. The first-order valence-electron chi connectivity index (χ1n) is 3.95. The van der Waals surface area contributed by atoms with Crippen LogP contribution in [0.4, 0.5) is 4.39 Å². The van der Waals surface area contributed by atoms with Gasteiger partial charge in [0.05, 0.1) is 0 Å². The van der Waals surface area contributed by atoms with Crippen LogP contribution in [0.25, 0.3) is 0 Å². The van der Waals surface area contributed by atoms with Gasteiger partial charge in [-0.15, -0.1) is 0 Å². The molecule has 0 unspecified atom stereocenters. The highest BCUT2D eigenvalue weighted by Crippen LogP contribution is 2.33. The third kappa shape index (κ3) is 0.975. The molecule has 2 rings (SSSR count). The molecular weight excluding hydrogens is 157 g/mol. The van der Waals surface area contributed by atoms with Crippen LogP contribution in [0, 0.1) is 5.82 Å². The van der Waals surface area contributed by atoms with Gasteiger partial charge in [-0.05, 0) is 30.0 Å². The van der Waals surface area contributed by atoms with E-state index < -0.39 is 0 Å². The summed E-state index contributed by atoms with van der Waals surface area (Å²) in [6.07, 6.45) is 1.46. The number of hydrogen-bond acceptors (Lipinski definition) is 2. The van der Waals surface area contributed by atoms with Crippen molar-refractivity contribution < 1.29 is 9.50 Å². The first-order valence-corrected chi connectivity index (χ1v) is 3.95. The summed E-state index contributed by atoms with van der Waals surface area (Å²) in [4.78, 5) is 0. The minimum absolute atomic E-state index is 0.0383. The van der Waals surface area contributed by atoms with Crippen LogP contribution in [0.15, 0.2) is 12.1 Å². The SMILES string of the molecule is N[C@H]1CCc2c(F)cc(O)cc21. The summed E-state index contributed by atoms with van der Waals surface area (Å²) >= 11 is 0. The molecule has 0 saturated carbocycles. The predicted molar refractivity (Wildman–Crippen MR) is 43.3 cm³/mol. The van der Waals surface area contributed by atoms with Gasteiger partial charge >= 0.3 is 0 Å². The quantitative estimate of drug-likeness (QED) is 0.614. The zero-order chi connectivity index (χ0) is 8.72. The van der Waals surface area contributed by atoms with E-state index in [4.69, 9.17) is 10.8 Å². The molecule has 2 nitrogen and oxygen atoms in total. The highest BCUT2D eigenvalue weighted by molar-refractivity contribution is 5.41. The van der Waals surface area contributed by atoms with E-state index in [1.807, 2.05) is 0 Å². The first kappa shape index (κ1) is 7.55. The van der Waals surface area contributed by atoms with Crippen LogP contribution in [0.2, 0.25) is 0 Å². The number of phenolic OH excluding ortho intramolecular Hbond substituents is 1. The summed E-state index contributed by atoms with van der Waals surface area (Å²) in [5, 5.41) is 9.10. The van der Waals surface area contributed by atoms with Gasteiger partial charge in [-0.2, -0.15) is 0 Å². The van der Waals surface area contributed by atoms with Gasteiger partial charge in [0.25, 0.3) is 0 Å². The number of benzene rings is 1. The fraction of sp³-hybridized carbons (Fsp3) is 0.333. The smallest absolute Gasteiger partial charge is 0.130 e. The van der Waals surface area contributed by atoms with E-state index >= 15 is 0 Å². The maximum absolute atomic E-state index is 13.1. The number of phenols is 1. The van der Waals surface area contributed by atoms with Gasteiger partial charge in [0.15, 0.2) is 0 Å². The van der Waals surface area contributed by atoms with E-state index in [1.54, 1.807) is 6.07 Å². The molecule has 0 bridgehead atoms. The molecule has 0 spiro atoms. The van der Waals surface area contributed by atoms with Gasteiger partial charge in [-0.25, -0.2) is 4.39 Å². The molecule has 0 aromatic heterocycles. The highest BCUT2D eigenvalue weighted by atomic mass is 19.1. The van der Waals surface area contributed by atoms with E-state index in [0.29, 0.717) is 12.0 Å². The van der Waals surface area contributed by atoms with Crippen LogP contribution in [0.3, 0.4) is 0 Å². The molecule has 3 N–H and O–H groups in total. The lowest BCUT2D eigenvalue weighted by atomic mass is 10.1. The number of hydrogen-bond donors (Lipinski definition) is 2. The fourth-order valence-corrected chi connectivity index (χ4v) is 1.69. The van der Waals surface area contributed by atoms with Gasteiger partial charge in [-0.1, -0.05) is 0 Å². The molecule has 0 radical (unpaired) electrons. The Morgan fingerprint density at radius 3 is 3.00 bits per heavy atom. The maximum atomic E-state index is 13.1. The Hall–Kier alpha value is -1.09. The van der Waals surface area contributed by atoms with E-state index in [9.17, 15) is 4.39 Å². The van der Waals surface area contributed by atoms with Crippen LogP contribution in [0.1, 0.15) is 23.6 Å². The molecule has 0 amide bonds. The van der Waals surface area contributed by atoms with Gasteiger partial charge in [0.1, 0.15) is 11.6 Å². The Balaban J connectivity index is 2.60. The average Bonchev–Trinajstić information content (AvgIpc) is 2.33. The van der Waals surface area contributed by atoms with Crippen molar-refractivity contribution in [2.75, 3.05) is 0 Å². The highest BCUT2D eigenvalue weighted by Gasteiger charge is 2.22. The summed E-state index contributed by atoms with van der Waals surface area (Å²) in [7, 11) is 0. The third-order valence-corrected chi connectivity index (χ3v) is 2.32. The summed E-state index contributed by atoms with van der Waals surface area (Å²) in [5.74, 6) is -0.374. The van der Waals surface area contributed by atoms with Crippen molar-refractivity contribution >= 4 is 0 Å².